The maximum Gasteiger partial charge on any atom is 0.00120 e. The van der Waals surface area contributed by atoms with E-state index in [9.17, 15) is 0 Å². The van der Waals surface area contributed by atoms with E-state index in [1.165, 1.54) is 16.7 Å². The van der Waals surface area contributed by atoms with E-state index in [4.69, 9.17) is 0 Å². The topological polar surface area (TPSA) is 0 Å². The van der Waals surface area contributed by atoms with Crippen LogP contribution < -0.4 is 0 Å². The molecule has 0 aromatic heterocycles. The SMILES string of the molecule is CCC=C=C(CCc1ccccc1)c1ccccc1. The summed E-state index contributed by atoms with van der Waals surface area (Å²) in [5, 5.41) is 0. The van der Waals surface area contributed by atoms with Crippen LogP contribution >= 0.6 is 0 Å². The van der Waals surface area contributed by atoms with Crippen molar-refractivity contribution in [3.8, 4) is 0 Å². The second-order valence-corrected chi connectivity index (χ2v) is 4.59. The average molecular weight is 248 g/mol. The first kappa shape index (κ1) is 13.4. The summed E-state index contributed by atoms with van der Waals surface area (Å²) in [6.07, 6.45) is 5.25. The quantitative estimate of drug-likeness (QED) is 0.632. The summed E-state index contributed by atoms with van der Waals surface area (Å²) >= 11 is 0. The molecular formula is C19H20. The van der Waals surface area contributed by atoms with Gasteiger partial charge in [-0.05, 0) is 36.5 Å². The van der Waals surface area contributed by atoms with Crippen molar-refractivity contribution >= 4 is 5.57 Å². The van der Waals surface area contributed by atoms with E-state index < -0.39 is 0 Å². The van der Waals surface area contributed by atoms with E-state index in [0.29, 0.717) is 0 Å². The van der Waals surface area contributed by atoms with E-state index in [2.05, 4.69) is 79.4 Å². The van der Waals surface area contributed by atoms with Crippen molar-refractivity contribution in [3.63, 3.8) is 0 Å². The van der Waals surface area contributed by atoms with Gasteiger partial charge in [0.2, 0.25) is 0 Å². The lowest BCUT2D eigenvalue weighted by Crippen LogP contribution is -1.88. The number of hydrogen-bond acceptors (Lipinski definition) is 0. The van der Waals surface area contributed by atoms with Crippen molar-refractivity contribution in [2.24, 2.45) is 0 Å². The molecule has 0 spiro atoms. The molecule has 0 aliphatic rings. The molecule has 0 N–H and O–H groups in total. The minimum absolute atomic E-state index is 1.03. The van der Waals surface area contributed by atoms with Gasteiger partial charge in [0.05, 0.1) is 0 Å². The van der Waals surface area contributed by atoms with Gasteiger partial charge in [0.25, 0.3) is 0 Å². The molecule has 0 saturated heterocycles. The zero-order valence-corrected chi connectivity index (χ0v) is 11.5. The number of rotatable bonds is 5. The zero-order chi connectivity index (χ0) is 13.3. The minimum Gasteiger partial charge on any atom is -0.121 e. The number of allylic oxidation sites excluding steroid dienone is 1. The van der Waals surface area contributed by atoms with Crippen LogP contribution in [0.25, 0.3) is 5.57 Å². The van der Waals surface area contributed by atoms with Crippen molar-refractivity contribution in [2.45, 2.75) is 26.2 Å². The third-order valence-corrected chi connectivity index (χ3v) is 3.11. The van der Waals surface area contributed by atoms with Crippen LogP contribution in [0.3, 0.4) is 0 Å². The summed E-state index contributed by atoms with van der Waals surface area (Å²) in [6, 6.07) is 21.2. The van der Waals surface area contributed by atoms with Crippen molar-refractivity contribution in [1.29, 1.82) is 0 Å². The molecule has 0 aliphatic heterocycles. The van der Waals surface area contributed by atoms with Crippen LogP contribution in [0.5, 0.6) is 0 Å². The Morgan fingerprint density at radius 2 is 1.58 bits per heavy atom. The maximum absolute atomic E-state index is 3.45. The van der Waals surface area contributed by atoms with Gasteiger partial charge in [-0.3, -0.25) is 0 Å². The summed E-state index contributed by atoms with van der Waals surface area (Å²) in [5.74, 6) is 0. The molecule has 0 nitrogen and oxygen atoms in total. The lowest BCUT2D eigenvalue weighted by molar-refractivity contribution is 1.02. The van der Waals surface area contributed by atoms with Crippen LogP contribution in [-0.4, -0.2) is 0 Å². The third-order valence-electron chi connectivity index (χ3n) is 3.11. The standard InChI is InChI=1S/C19H20/c1-2-3-12-19(18-13-8-5-9-14-18)16-15-17-10-6-4-7-11-17/h3-11,13-14H,2,15-16H2,1H3. The Labute approximate surface area is 116 Å². The Hall–Kier alpha value is -2.04. The zero-order valence-electron chi connectivity index (χ0n) is 11.5. The van der Waals surface area contributed by atoms with Crippen molar-refractivity contribution in [1.82, 2.24) is 0 Å². The molecule has 0 bridgehead atoms. The van der Waals surface area contributed by atoms with Crippen molar-refractivity contribution < 1.29 is 0 Å². The maximum atomic E-state index is 3.45. The van der Waals surface area contributed by atoms with Crippen molar-refractivity contribution in [3.05, 3.63) is 83.6 Å². The van der Waals surface area contributed by atoms with E-state index >= 15 is 0 Å². The third kappa shape index (κ3) is 4.28. The van der Waals surface area contributed by atoms with Gasteiger partial charge in [0, 0.05) is 5.57 Å². The molecule has 0 fully saturated rings. The first-order valence-corrected chi connectivity index (χ1v) is 6.93. The van der Waals surface area contributed by atoms with E-state index in [1.54, 1.807) is 0 Å². The van der Waals surface area contributed by atoms with E-state index in [1.807, 2.05) is 0 Å². The molecule has 2 aromatic carbocycles. The normalized spacial score (nSPS) is 9.74. The summed E-state index contributed by atoms with van der Waals surface area (Å²) in [6.45, 7) is 2.15. The molecule has 0 atom stereocenters. The molecule has 0 heterocycles. The fourth-order valence-corrected chi connectivity index (χ4v) is 2.08. The Bertz CT molecular complexity index is 543. The second kappa shape index (κ2) is 7.41. The van der Waals surface area contributed by atoms with Gasteiger partial charge in [0.1, 0.15) is 0 Å². The van der Waals surface area contributed by atoms with Gasteiger partial charge in [-0.2, -0.15) is 0 Å². The highest BCUT2D eigenvalue weighted by molar-refractivity contribution is 5.65. The van der Waals surface area contributed by atoms with Crippen molar-refractivity contribution in [2.75, 3.05) is 0 Å². The highest BCUT2D eigenvalue weighted by Gasteiger charge is 2.01. The Balaban J connectivity index is 2.14. The molecule has 96 valence electrons. The summed E-state index contributed by atoms with van der Waals surface area (Å²) < 4.78 is 0. The number of hydrogen-bond donors (Lipinski definition) is 0. The molecule has 0 aliphatic carbocycles. The van der Waals surface area contributed by atoms with Gasteiger partial charge < -0.3 is 0 Å². The first-order chi connectivity index (χ1) is 9.40. The summed E-state index contributed by atoms with van der Waals surface area (Å²) in [5.41, 5.74) is 7.41. The van der Waals surface area contributed by atoms with Crippen LogP contribution in [0, 0.1) is 0 Å². The Morgan fingerprint density at radius 1 is 0.947 bits per heavy atom. The second-order valence-electron chi connectivity index (χ2n) is 4.59. The average Bonchev–Trinajstić information content (AvgIpc) is 2.49. The smallest absolute Gasteiger partial charge is 0.00120 e. The monoisotopic (exact) mass is 248 g/mol. The van der Waals surface area contributed by atoms with Gasteiger partial charge >= 0.3 is 0 Å². The predicted octanol–water partition coefficient (Wildman–Crippen LogP) is 5.27. The molecule has 0 radical (unpaired) electrons. The molecule has 2 aromatic rings. The van der Waals surface area contributed by atoms with Gasteiger partial charge in [-0.1, -0.05) is 67.6 Å². The van der Waals surface area contributed by atoms with E-state index in [0.717, 1.165) is 19.3 Å². The molecular weight excluding hydrogens is 228 g/mol. The minimum atomic E-state index is 1.03. The van der Waals surface area contributed by atoms with Gasteiger partial charge in [0.15, 0.2) is 0 Å². The van der Waals surface area contributed by atoms with Crippen LogP contribution in [0.1, 0.15) is 30.9 Å². The molecule has 0 saturated carbocycles. The highest BCUT2D eigenvalue weighted by Crippen LogP contribution is 2.19. The molecule has 0 amide bonds. The predicted molar refractivity (Wildman–Crippen MR) is 83.0 cm³/mol. The molecule has 19 heavy (non-hydrogen) atoms. The van der Waals surface area contributed by atoms with Crippen LogP contribution in [0.15, 0.2) is 72.5 Å². The number of benzene rings is 2. The Kier molecular flexibility index (Phi) is 5.22. The van der Waals surface area contributed by atoms with Gasteiger partial charge in [-0.25, -0.2) is 0 Å². The summed E-state index contributed by atoms with van der Waals surface area (Å²) in [4.78, 5) is 0. The lowest BCUT2D eigenvalue weighted by Gasteiger charge is -2.05. The first-order valence-electron chi connectivity index (χ1n) is 6.93. The highest BCUT2D eigenvalue weighted by atomic mass is 14.0. The molecule has 2 rings (SSSR count). The fourth-order valence-electron chi connectivity index (χ4n) is 2.08. The van der Waals surface area contributed by atoms with Crippen LogP contribution in [-0.2, 0) is 6.42 Å². The lowest BCUT2D eigenvalue weighted by atomic mass is 9.99. The van der Waals surface area contributed by atoms with Gasteiger partial charge in [-0.15, -0.1) is 5.73 Å². The van der Waals surface area contributed by atoms with E-state index in [-0.39, 0.29) is 0 Å². The molecule has 0 unspecified atom stereocenters. The molecule has 0 heteroatoms. The number of aryl methyl sites for hydroxylation is 1. The van der Waals surface area contributed by atoms with Crippen LogP contribution in [0.4, 0.5) is 0 Å². The Morgan fingerprint density at radius 3 is 2.21 bits per heavy atom. The largest absolute Gasteiger partial charge is 0.121 e. The summed E-state index contributed by atoms with van der Waals surface area (Å²) in [7, 11) is 0. The fraction of sp³-hybridized carbons (Fsp3) is 0.211. The van der Waals surface area contributed by atoms with Crippen LogP contribution in [0.2, 0.25) is 0 Å².